The maximum absolute atomic E-state index is 13.6. The average molecular weight is 684 g/mol. The van der Waals surface area contributed by atoms with Crippen LogP contribution in [0.25, 0.3) is 27.2 Å². The van der Waals surface area contributed by atoms with Crippen LogP contribution in [0.2, 0.25) is 5.02 Å². The van der Waals surface area contributed by atoms with E-state index in [2.05, 4.69) is 21.7 Å². The Morgan fingerprint density at radius 3 is 2.48 bits per heavy atom. The molecule has 2 heterocycles. The molecule has 2 N–H and O–H groups in total. The van der Waals surface area contributed by atoms with Crippen molar-refractivity contribution in [2.75, 3.05) is 25.5 Å². The fourth-order valence-electron chi connectivity index (χ4n) is 7.04. The van der Waals surface area contributed by atoms with Gasteiger partial charge >= 0.3 is 0 Å². The number of hydrogen-bond donors (Lipinski definition) is 2. The normalized spacial score (nSPS) is 13.1. The third-order valence-electron chi connectivity index (χ3n) is 9.51. The lowest BCUT2D eigenvalue weighted by Gasteiger charge is -2.11. The van der Waals surface area contributed by atoms with E-state index in [9.17, 15) is 19.6 Å². The molecular formula is C40H34ClN5O4. The molecule has 2 amide bonds. The Morgan fingerprint density at radius 2 is 1.72 bits per heavy atom. The molecule has 0 saturated carbocycles. The van der Waals surface area contributed by atoms with E-state index < -0.39 is 5.91 Å². The molecule has 10 heteroatoms. The van der Waals surface area contributed by atoms with Crippen molar-refractivity contribution in [2.45, 2.75) is 39.0 Å². The smallest absolute Gasteiger partial charge is 0.288 e. The minimum absolute atomic E-state index is 0.0974. The number of carbonyl (C=O) groups excluding carboxylic acids is 3. The lowest BCUT2D eigenvalue weighted by Crippen LogP contribution is -2.26. The number of rotatable bonds is 12. The van der Waals surface area contributed by atoms with Gasteiger partial charge in [-0.1, -0.05) is 48.7 Å². The number of halogens is 1. The van der Waals surface area contributed by atoms with E-state index >= 15 is 0 Å². The second-order valence-electron chi connectivity index (χ2n) is 12.5. The van der Waals surface area contributed by atoms with E-state index in [0.29, 0.717) is 39.9 Å². The average Bonchev–Trinajstić information content (AvgIpc) is 3.72. The van der Waals surface area contributed by atoms with E-state index in [1.165, 1.54) is 0 Å². The molecule has 0 fully saturated rings. The Balaban J connectivity index is 0.921. The van der Waals surface area contributed by atoms with Crippen LogP contribution >= 0.6 is 11.6 Å². The van der Waals surface area contributed by atoms with Crippen molar-refractivity contribution in [3.05, 3.63) is 111 Å². The highest BCUT2D eigenvalue weighted by atomic mass is 35.5. The summed E-state index contributed by atoms with van der Waals surface area (Å²) in [5.41, 5.74) is 6.87. The first-order valence-corrected chi connectivity index (χ1v) is 17.0. The molecule has 250 valence electrons. The Labute approximate surface area is 294 Å². The molecule has 7 rings (SSSR count). The lowest BCUT2D eigenvalue weighted by molar-refractivity contribution is -0.120. The van der Waals surface area contributed by atoms with E-state index in [4.69, 9.17) is 16.3 Å². The van der Waals surface area contributed by atoms with Gasteiger partial charge in [0.15, 0.2) is 0 Å². The molecule has 0 atom stereocenters. The highest BCUT2D eigenvalue weighted by Gasteiger charge is 2.36. The summed E-state index contributed by atoms with van der Waals surface area (Å²) < 4.78 is 7.11. The lowest BCUT2D eigenvalue weighted by atomic mass is 10.0. The number of ether oxygens (including phenoxy) is 1. The number of nitriles is 1. The first-order valence-electron chi connectivity index (χ1n) is 16.6. The van der Waals surface area contributed by atoms with Crippen LogP contribution in [0, 0.1) is 18.3 Å². The first-order chi connectivity index (χ1) is 24.3. The molecule has 5 aromatic rings. The summed E-state index contributed by atoms with van der Waals surface area (Å²) in [6.45, 7) is 3.22. The van der Waals surface area contributed by atoms with E-state index in [1.807, 2.05) is 55.5 Å². The van der Waals surface area contributed by atoms with Crippen LogP contribution in [-0.2, 0) is 16.0 Å². The van der Waals surface area contributed by atoms with Crippen molar-refractivity contribution >= 4 is 68.0 Å². The van der Waals surface area contributed by atoms with Crippen LogP contribution in [0.1, 0.15) is 58.4 Å². The highest BCUT2D eigenvalue weighted by molar-refractivity contribution is 6.50. The predicted octanol–water partition coefficient (Wildman–Crippen LogP) is 7.40. The number of anilines is 1. The molecule has 4 aromatic carbocycles. The van der Waals surface area contributed by atoms with Crippen molar-refractivity contribution in [1.82, 2.24) is 9.88 Å². The summed E-state index contributed by atoms with van der Waals surface area (Å²) in [7, 11) is 1.59. The summed E-state index contributed by atoms with van der Waals surface area (Å²) in [5, 5.41) is 19.6. The van der Waals surface area contributed by atoms with E-state index in [-0.39, 0.29) is 23.8 Å². The molecule has 2 aliphatic rings. The number of amides is 2. The van der Waals surface area contributed by atoms with Crippen LogP contribution in [0.15, 0.2) is 83.4 Å². The van der Waals surface area contributed by atoms with Gasteiger partial charge in [-0.3, -0.25) is 19.0 Å². The van der Waals surface area contributed by atoms with Gasteiger partial charge in [0.05, 0.1) is 24.8 Å². The molecule has 50 heavy (non-hydrogen) atoms. The molecule has 1 aliphatic carbocycles. The van der Waals surface area contributed by atoms with Crippen molar-refractivity contribution in [3.8, 4) is 11.8 Å². The Kier molecular flexibility index (Phi) is 8.96. The Morgan fingerprint density at radius 1 is 0.940 bits per heavy atom. The summed E-state index contributed by atoms with van der Waals surface area (Å²) in [4.78, 5) is 43.1. The van der Waals surface area contributed by atoms with Crippen molar-refractivity contribution in [2.24, 2.45) is 4.99 Å². The third-order valence-corrected chi connectivity index (χ3v) is 9.76. The van der Waals surface area contributed by atoms with E-state index in [0.717, 1.165) is 76.3 Å². The number of aromatic nitrogens is 1. The van der Waals surface area contributed by atoms with Gasteiger partial charge in [-0.05, 0) is 79.4 Å². The third kappa shape index (κ3) is 5.82. The Bertz CT molecular complexity index is 2330. The van der Waals surface area contributed by atoms with Crippen molar-refractivity contribution < 1.29 is 19.1 Å². The predicted molar refractivity (Wildman–Crippen MR) is 196 cm³/mol. The minimum atomic E-state index is -0.467. The number of nitrogens with one attached hydrogen (secondary N) is 2. The molecular weight excluding hydrogens is 650 g/mol. The highest BCUT2D eigenvalue weighted by Crippen LogP contribution is 2.44. The topological polar surface area (TPSA) is 126 Å². The second-order valence-corrected chi connectivity index (χ2v) is 12.9. The molecule has 1 aliphatic heterocycles. The standard InChI is InChI=1S/C40H34ClN5O4/c1-23-30(31-20-26(50-2)14-17-34(31)46(23)40(49)24-10-12-25(41)13-11-24)21-35(47)44-19-6-4-3-5-18-43-33-16-15-29-36-27(33)8-7-9-28(36)37-32(22-42)39(48)45-38(29)37/h7-17,20,43H,3-6,18-19,21H2,1-2H3,(H,44,47). The van der Waals surface area contributed by atoms with Gasteiger partial charge in [-0.25, -0.2) is 4.99 Å². The molecule has 9 nitrogen and oxygen atoms in total. The number of fused-ring (bicyclic) bond motifs is 4. The zero-order valence-corrected chi connectivity index (χ0v) is 28.5. The summed E-state index contributed by atoms with van der Waals surface area (Å²) in [6.07, 6.45) is 3.93. The van der Waals surface area contributed by atoms with Crippen LogP contribution in [0.3, 0.4) is 0 Å². The molecule has 0 bridgehead atoms. The largest absolute Gasteiger partial charge is 0.497 e. The molecule has 0 radical (unpaired) electrons. The van der Waals surface area contributed by atoms with Gasteiger partial charge in [0.25, 0.3) is 11.8 Å². The number of methoxy groups -OCH3 is 1. The van der Waals surface area contributed by atoms with Crippen LogP contribution in [-0.4, -0.2) is 48.2 Å². The molecule has 0 spiro atoms. The number of carbonyl (C=O) groups is 3. The SMILES string of the molecule is COc1ccc2c(c1)c(CC(=O)NCCCCCCNc1ccc3c4c(cccc14)C1=C(C#N)C(=O)N=C13)c(C)n2C(=O)c1ccc(Cl)cc1. The zero-order chi connectivity index (χ0) is 34.9. The van der Waals surface area contributed by atoms with Gasteiger partial charge in [0.2, 0.25) is 5.91 Å². The minimum Gasteiger partial charge on any atom is -0.497 e. The van der Waals surface area contributed by atoms with Crippen molar-refractivity contribution in [3.63, 3.8) is 0 Å². The number of aliphatic imine (C=N–C) groups is 1. The number of unbranched alkanes of at least 4 members (excludes halogenated alkanes) is 3. The molecule has 0 saturated heterocycles. The zero-order valence-electron chi connectivity index (χ0n) is 27.7. The summed E-state index contributed by atoms with van der Waals surface area (Å²) in [5.74, 6) is -0.101. The Hall–Kier alpha value is -5.72. The quantitative estimate of drug-likeness (QED) is 0.132. The monoisotopic (exact) mass is 683 g/mol. The van der Waals surface area contributed by atoms with Crippen LogP contribution < -0.4 is 15.4 Å². The first kappa shape index (κ1) is 32.8. The maximum Gasteiger partial charge on any atom is 0.288 e. The maximum atomic E-state index is 13.6. The number of hydrogen-bond acceptors (Lipinski definition) is 6. The number of allylic oxidation sites excluding steroid dienone is 1. The fraction of sp³-hybridized carbons (Fsp3) is 0.225. The number of nitrogens with zero attached hydrogens (tertiary/aromatic N) is 3. The van der Waals surface area contributed by atoms with E-state index in [1.54, 1.807) is 35.9 Å². The van der Waals surface area contributed by atoms with Gasteiger partial charge in [0, 0.05) is 62.4 Å². The van der Waals surface area contributed by atoms with Crippen LogP contribution in [0.4, 0.5) is 5.69 Å². The van der Waals surface area contributed by atoms with Crippen LogP contribution in [0.5, 0.6) is 5.75 Å². The van der Waals surface area contributed by atoms with Gasteiger partial charge < -0.3 is 15.4 Å². The number of benzene rings is 4. The van der Waals surface area contributed by atoms with Gasteiger partial charge in [-0.2, -0.15) is 5.26 Å². The molecule has 1 aromatic heterocycles. The van der Waals surface area contributed by atoms with Gasteiger partial charge in [0.1, 0.15) is 17.4 Å². The van der Waals surface area contributed by atoms with Crippen molar-refractivity contribution in [1.29, 1.82) is 5.26 Å². The van der Waals surface area contributed by atoms with Gasteiger partial charge in [-0.15, -0.1) is 0 Å². The second kappa shape index (κ2) is 13.7. The molecule has 0 unspecified atom stereocenters. The fourth-order valence-corrected chi connectivity index (χ4v) is 7.17. The summed E-state index contributed by atoms with van der Waals surface area (Å²) in [6, 6.07) is 24.3. The summed E-state index contributed by atoms with van der Waals surface area (Å²) >= 11 is 6.04.